The van der Waals surface area contributed by atoms with Gasteiger partial charge in [0.05, 0.1) is 11.6 Å². The standard InChI is InChI=1S/C5H4N4S/c10-5-6-1-3-2-7-9-4(3)8-5/h1-2H,(H2,6,7,8,9,10). The number of H-pyrrole nitrogens is 2. The summed E-state index contributed by atoms with van der Waals surface area (Å²) >= 11 is 4.79. The Morgan fingerprint density at radius 3 is 3.20 bits per heavy atom. The molecule has 0 saturated heterocycles. The fraction of sp³-hybridized carbons (Fsp3) is 0. The van der Waals surface area contributed by atoms with E-state index in [2.05, 4.69) is 20.2 Å². The largest absolute Gasteiger partial charge is 0.315 e. The summed E-state index contributed by atoms with van der Waals surface area (Å²) in [5.41, 5.74) is 0.819. The Morgan fingerprint density at radius 2 is 2.30 bits per heavy atom. The predicted octanol–water partition coefficient (Wildman–Crippen LogP) is 1.02. The van der Waals surface area contributed by atoms with Gasteiger partial charge in [-0.2, -0.15) is 5.10 Å². The van der Waals surface area contributed by atoms with E-state index in [0.717, 1.165) is 11.0 Å². The summed E-state index contributed by atoms with van der Waals surface area (Å²) in [5, 5.41) is 7.49. The summed E-state index contributed by atoms with van der Waals surface area (Å²) < 4.78 is 0.469. The van der Waals surface area contributed by atoms with Gasteiger partial charge < -0.3 is 4.98 Å². The SMILES string of the molecule is S=c1ncc2cn[nH]c2[nH]1. The lowest BCUT2D eigenvalue weighted by atomic mass is 10.5. The molecule has 0 radical (unpaired) electrons. The van der Waals surface area contributed by atoms with E-state index in [4.69, 9.17) is 12.2 Å². The molecule has 2 N–H and O–H groups in total. The maximum Gasteiger partial charge on any atom is 0.198 e. The van der Waals surface area contributed by atoms with Crippen LogP contribution < -0.4 is 0 Å². The molecule has 50 valence electrons. The molecule has 0 fully saturated rings. The van der Waals surface area contributed by atoms with Crippen LogP contribution >= 0.6 is 12.2 Å². The topological polar surface area (TPSA) is 57.4 Å². The van der Waals surface area contributed by atoms with Crippen molar-refractivity contribution < 1.29 is 0 Å². The van der Waals surface area contributed by atoms with Crippen LogP contribution in [0.3, 0.4) is 0 Å². The summed E-state index contributed by atoms with van der Waals surface area (Å²) in [4.78, 5) is 6.73. The fourth-order valence-corrected chi connectivity index (χ4v) is 0.916. The molecule has 0 aromatic carbocycles. The van der Waals surface area contributed by atoms with Gasteiger partial charge in [0.2, 0.25) is 0 Å². The first kappa shape index (κ1) is 5.55. The van der Waals surface area contributed by atoms with Crippen LogP contribution in [0.2, 0.25) is 0 Å². The van der Waals surface area contributed by atoms with Crippen molar-refractivity contribution in [2.45, 2.75) is 0 Å². The van der Waals surface area contributed by atoms with Crippen LogP contribution in [0, 0.1) is 4.77 Å². The molecule has 0 atom stereocenters. The molecule has 2 aromatic heterocycles. The Morgan fingerprint density at radius 1 is 1.40 bits per heavy atom. The monoisotopic (exact) mass is 152 g/mol. The molecule has 2 aromatic rings. The van der Waals surface area contributed by atoms with Gasteiger partial charge in [0.25, 0.3) is 0 Å². The molecular formula is C5H4N4S. The number of rotatable bonds is 0. The van der Waals surface area contributed by atoms with E-state index in [1.807, 2.05) is 0 Å². The van der Waals surface area contributed by atoms with Gasteiger partial charge in [-0.15, -0.1) is 0 Å². The lowest BCUT2D eigenvalue weighted by Crippen LogP contribution is -1.80. The van der Waals surface area contributed by atoms with Gasteiger partial charge in [0.15, 0.2) is 4.77 Å². The molecule has 5 heteroatoms. The van der Waals surface area contributed by atoms with Gasteiger partial charge in [0, 0.05) is 6.20 Å². The summed E-state index contributed by atoms with van der Waals surface area (Å²) in [6.07, 6.45) is 3.37. The number of hydrogen-bond acceptors (Lipinski definition) is 3. The van der Waals surface area contributed by atoms with Crippen LogP contribution in [0.4, 0.5) is 0 Å². The fourth-order valence-electron chi connectivity index (χ4n) is 0.761. The average molecular weight is 152 g/mol. The maximum atomic E-state index is 4.79. The van der Waals surface area contributed by atoms with E-state index in [0.29, 0.717) is 4.77 Å². The maximum absolute atomic E-state index is 4.79. The van der Waals surface area contributed by atoms with Crippen molar-refractivity contribution in [3.8, 4) is 0 Å². The Hall–Kier alpha value is -1.23. The second-order valence-electron chi connectivity index (χ2n) is 1.89. The van der Waals surface area contributed by atoms with Gasteiger partial charge >= 0.3 is 0 Å². The van der Waals surface area contributed by atoms with Crippen molar-refractivity contribution in [1.82, 2.24) is 20.2 Å². The number of aromatic amines is 2. The summed E-state index contributed by atoms with van der Waals surface area (Å²) in [5.74, 6) is 0. The van der Waals surface area contributed by atoms with Crippen molar-refractivity contribution in [2.75, 3.05) is 0 Å². The van der Waals surface area contributed by atoms with Gasteiger partial charge in [-0.3, -0.25) is 5.10 Å². The van der Waals surface area contributed by atoms with E-state index >= 15 is 0 Å². The lowest BCUT2D eigenvalue weighted by molar-refractivity contribution is 1.08. The minimum absolute atomic E-state index is 0.469. The molecule has 2 rings (SSSR count). The first-order chi connectivity index (χ1) is 4.86. The van der Waals surface area contributed by atoms with E-state index < -0.39 is 0 Å². The zero-order valence-corrected chi connectivity index (χ0v) is 5.77. The van der Waals surface area contributed by atoms with Crippen LogP contribution in [-0.4, -0.2) is 20.2 Å². The average Bonchev–Trinajstić information content (AvgIpc) is 2.33. The molecule has 0 spiro atoms. The molecule has 0 aliphatic rings. The van der Waals surface area contributed by atoms with Gasteiger partial charge in [-0.1, -0.05) is 0 Å². The first-order valence-electron chi connectivity index (χ1n) is 2.75. The van der Waals surface area contributed by atoms with Crippen molar-refractivity contribution in [1.29, 1.82) is 0 Å². The Labute approximate surface area is 61.3 Å². The first-order valence-corrected chi connectivity index (χ1v) is 3.15. The highest BCUT2D eigenvalue weighted by Crippen LogP contribution is 2.02. The zero-order valence-electron chi connectivity index (χ0n) is 4.96. The summed E-state index contributed by atoms with van der Waals surface area (Å²) in [7, 11) is 0. The van der Waals surface area contributed by atoms with Gasteiger partial charge in [-0.25, -0.2) is 4.98 Å². The summed E-state index contributed by atoms with van der Waals surface area (Å²) in [6, 6.07) is 0. The van der Waals surface area contributed by atoms with E-state index in [1.165, 1.54) is 0 Å². The van der Waals surface area contributed by atoms with Gasteiger partial charge in [0.1, 0.15) is 5.65 Å². The third-order valence-electron chi connectivity index (χ3n) is 1.22. The third kappa shape index (κ3) is 0.714. The number of fused-ring (bicyclic) bond motifs is 1. The molecule has 0 amide bonds. The second-order valence-corrected chi connectivity index (χ2v) is 2.28. The number of nitrogens with one attached hydrogen (secondary N) is 2. The highest BCUT2D eigenvalue weighted by Gasteiger charge is 1.91. The zero-order chi connectivity index (χ0) is 6.97. The van der Waals surface area contributed by atoms with Crippen molar-refractivity contribution in [3.05, 3.63) is 17.2 Å². The molecule has 2 heterocycles. The highest BCUT2D eigenvalue weighted by molar-refractivity contribution is 7.71. The molecule has 10 heavy (non-hydrogen) atoms. The van der Waals surface area contributed by atoms with Crippen molar-refractivity contribution in [2.24, 2.45) is 0 Å². The van der Waals surface area contributed by atoms with Crippen LogP contribution in [0.1, 0.15) is 0 Å². The van der Waals surface area contributed by atoms with Crippen LogP contribution in [-0.2, 0) is 0 Å². The molecule has 0 unspecified atom stereocenters. The predicted molar refractivity (Wildman–Crippen MR) is 39.1 cm³/mol. The van der Waals surface area contributed by atoms with E-state index in [1.54, 1.807) is 12.4 Å². The van der Waals surface area contributed by atoms with Gasteiger partial charge in [-0.05, 0) is 12.2 Å². The third-order valence-corrected chi connectivity index (χ3v) is 1.43. The smallest absolute Gasteiger partial charge is 0.198 e. The second kappa shape index (κ2) is 1.88. The Kier molecular flexibility index (Phi) is 1.04. The minimum Gasteiger partial charge on any atom is -0.315 e. The van der Waals surface area contributed by atoms with Crippen LogP contribution in [0.15, 0.2) is 12.4 Å². The molecular weight excluding hydrogens is 148 g/mol. The molecule has 4 nitrogen and oxygen atoms in total. The number of hydrogen-bond donors (Lipinski definition) is 2. The molecule has 0 bridgehead atoms. The quantitative estimate of drug-likeness (QED) is 0.554. The normalized spacial score (nSPS) is 10.4. The van der Waals surface area contributed by atoms with E-state index in [-0.39, 0.29) is 0 Å². The molecule has 0 saturated carbocycles. The van der Waals surface area contributed by atoms with Crippen molar-refractivity contribution in [3.63, 3.8) is 0 Å². The highest BCUT2D eigenvalue weighted by atomic mass is 32.1. The molecule has 0 aliphatic carbocycles. The minimum atomic E-state index is 0.469. The van der Waals surface area contributed by atoms with Crippen molar-refractivity contribution >= 4 is 23.3 Å². The summed E-state index contributed by atoms with van der Waals surface area (Å²) in [6.45, 7) is 0. The van der Waals surface area contributed by atoms with Crippen LogP contribution in [0.25, 0.3) is 11.0 Å². The van der Waals surface area contributed by atoms with Crippen LogP contribution in [0.5, 0.6) is 0 Å². The van der Waals surface area contributed by atoms with E-state index in [9.17, 15) is 0 Å². The number of aromatic nitrogens is 4. The number of nitrogens with zero attached hydrogens (tertiary/aromatic N) is 2. The molecule has 0 aliphatic heterocycles. The lowest BCUT2D eigenvalue weighted by Gasteiger charge is -1.84. The Bertz CT molecular complexity index is 401. The Balaban J connectivity index is 2.99.